The molecular formula is C17H21ClFNS. The first-order valence-electron chi connectivity index (χ1n) is 7.39. The second-order valence-corrected chi connectivity index (χ2v) is 6.58. The average Bonchev–Trinajstić information content (AvgIpc) is 2.97. The molecule has 4 heteroatoms. The Morgan fingerprint density at radius 1 is 1.29 bits per heavy atom. The van der Waals surface area contributed by atoms with Crippen LogP contribution in [0.15, 0.2) is 35.7 Å². The minimum absolute atomic E-state index is 0.210. The van der Waals surface area contributed by atoms with Crippen LogP contribution < -0.4 is 5.32 Å². The molecule has 0 bridgehead atoms. The van der Waals surface area contributed by atoms with Crippen LogP contribution in [-0.2, 0) is 12.8 Å². The van der Waals surface area contributed by atoms with Crippen molar-refractivity contribution in [3.63, 3.8) is 0 Å². The smallest absolute Gasteiger partial charge is 0.145 e. The number of likely N-dealkylation sites (N-methyl/N-ethyl adjacent to an activating group) is 1. The van der Waals surface area contributed by atoms with Crippen LogP contribution in [0.5, 0.6) is 0 Å². The Morgan fingerprint density at radius 2 is 2.14 bits per heavy atom. The quantitative estimate of drug-likeness (QED) is 0.713. The van der Waals surface area contributed by atoms with E-state index >= 15 is 0 Å². The van der Waals surface area contributed by atoms with Crippen LogP contribution in [0.4, 0.5) is 4.39 Å². The molecule has 1 nitrogen and oxygen atoms in total. The zero-order valence-corrected chi connectivity index (χ0v) is 13.8. The van der Waals surface area contributed by atoms with Gasteiger partial charge in [0, 0.05) is 10.9 Å². The standard InChI is InChI=1S/C17H21ClFNS/c1-2-20-14(7-4-8-15-9-5-11-21-15)12-13-6-3-10-16(18)17(13)19/h3,5-6,9-11,14,20H,2,4,7-8,12H2,1H3. The Kier molecular flexibility index (Phi) is 6.68. The predicted octanol–water partition coefficient (Wildman–Crippen LogP) is 5.08. The van der Waals surface area contributed by atoms with E-state index in [0.29, 0.717) is 18.0 Å². The normalized spacial score (nSPS) is 12.5. The van der Waals surface area contributed by atoms with E-state index in [9.17, 15) is 4.39 Å². The van der Waals surface area contributed by atoms with E-state index in [1.165, 1.54) is 4.88 Å². The van der Waals surface area contributed by atoms with Gasteiger partial charge in [0.2, 0.25) is 0 Å². The number of benzene rings is 1. The Labute approximate surface area is 135 Å². The molecule has 1 unspecified atom stereocenters. The number of halogens is 2. The van der Waals surface area contributed by atoms with E-state index in [4.69, 9.17) is 11.6 Å². The summed E-state index contributed by atoms with van der Waals surface area (Å²) in [5.41, 5.74) is 0.699. The van der Waals surface area contributed by atoms with E-state index in [1.807, 2.05) is 12.1 Å². The van der Waals surface area contributed by atoms with Crippen molar-refractivity contribution < 1.29 is 4.39 Å². The summed E-state index contributed by atoms with van der Waals surface area (Å²) in [6.45, 7) is 2.98. The molecule has 0 fully saturated rings. The molecule has 1 N–H and O–H groups in total. The van der Waals surface area contributed by atoms with Crippen LogP contribution in [0.1, 0.15) is 30.2 Å². The number of hydrogen-bond donors (Lipinski definition) is 1. The monoisotopic (exact) mass is 325 g/mol. The van der Waals surface area contributed by atoms with Crippen molar-refractivity contribution in [1.29, 1.82) is 0 Å². The number of aryl methyl sites for hydroxylation is 1. The second kappa shape index (κ2) is 8.52. The number of rotatable bonds is 8. The third-order valence-corrected chi connectivity index (χ3v) is 4.77. The van der Waals surface area contributed by atoms with Crippen molar-refractivity contribution >= 4 is 22.9 Å². The van der Waals surface area contributed by atoms with Gasteiger partial charge < -0.3 is 5.32 Å². The molecule has 2 rings (SSSR count). The van der Waals surface area contributed by atoms with Crippen LogP contribution in [0.2, 0.25) is 5.02 Å². The van der Waals surface area contributed by atoms with Gasteiger partial charge in [0.1, 0.15) is 5.82 Å². The predicted molar refractivity (Wildman–Crippen MR) is 89.8 cm³/mol. The Balaban J connectivity index is 1.90. The van der Waals surface area contributed by atoms with Crippen LogP contribution in [-0.4, -0.2) is 12.6 Å². The molecule has 0 amide bonds. The lowest BCUT2D eigenvalue weighted by molar-refractivity contribution is 0.467. The van der Waals surface area contributed by atoms with Gasteiger partial charge in [0.15, 0.2) is 0 Å². The Morgan fingerprint density at radius 3 is 2.86 bits per heavy atom. The summed E-state index contributed by atoms with van der Waals surface area (Å²) in [5.74, 6) is -0.277. The van der Waals surface area contributed by atoms with Gasteiger partial charge in [-0.3, -0.25) is 0 Å². The lowest BCUT2D eigenvalue weighted by Crippen LogP contribution is -2.31. The minimum Gasteiger partial charge on any atom is -0.314 e. The van der Waals surface area contributed by atoms with Crippen molar-refractivity contribution in [3.8, 4) is 0 Å². The van der Waals surface area contributed by atoms with Crippen LogP contribution in [0.25, 0.3) is 0 Å². The van der Waals surface area contributed by atoms with Crippen molar-refractivity contribution in [1.82, 2.24) is 5.32 Å². The fraction of sp³-hybridized carbons (Fsp3) is 0.412. The maximum atomic E-state index is 14.0. The molecule has 0 aliphatic heterocycles. The first-order chi connectivity index (χ1) is 10.2. The van der Waals surface area contributed by atoms with Gasteiger partial charge in [-0.25, -0.2) is 4.39 Å². The lowest BCUT2D eigenvalue weighted by Gasteiger charge is -2.18. The third kappa shape index (κ3) is 5.10. The maximum Gasteiger partial charge on any atom is 0.145 e. The first-order valence-corrected chi connectivity index (χ1v) is 8.65. The van der Waals surface area contributed by atoms with E-state index in [1.54, 1.807) is 17.4 Å². The zero-order valence-electron chi connectivity index (χ0n) is 12.2. The van der Waals surface area contributed by atoms with E-state index in [0.717, 1.165) is 25.8 Å². The highest BCUT2D eigenvalue weighted by atomic mass is 35.5. The van der Waals surface area contributed by atoms with Gasteiger partial charge >= 0.3 is 0 Å². The van der Waals surface area contributed by atoms with Gasteiger partial charge in [-0.05, 0) is 55.3 Å². The van der Waals surface area contributed by atoms with E-state index in [2.05, 4.69) is 29.8 Å². The molecule has 0 spiro atoms. The van der Waals surface area contributed by atoms with Gasteiger partial charge in [0.05, 0.1) is 5.02 Å². The van der Waals surface area contributed by atoms with Crippen molar-refractivity contribution in [3.05, 3.63) is 57.0 Å². The van der Waals surface area contributed by atoms with Gasteiger partial charge in [0.25, 0.3) is 0 Å². The maximum absolute atomic E-state index is 14.0. The summed E-state index contributed by atoms with van der Waals surface area (Å²) >= 11 is 7.65. The largest absolute Gasteiger partial charge is 0.314 e. The Hall–Kier alpha value is -0.900. The fourth-order valence-corrected chi connectivity index (χ4v) is 3.46. The molecule has 0 saturated carbocycles. The van der Waals surface area contributed by atoms with Gasteiger partial charge in [-0.1, -0.05) is 36.7 Å². The number of nitrogens with one attached hydrogen (secondary N) is 1. The van der Waals surface area contributed by atoms with Crippen LogP contribution in [0.3, 0.4) is 0 Å². The highest BCUT2D eigenvalue weighted by Crippen LogP contribution is 2.20. The van der Waals surface area contributed by atoms with Gasteiger partial charge in [-0.15, -0.1) is 11.3 Å². The molecule has 21 heavy (non-hydrogen) atoms. The van der Waals surface area contributed by atoms with Crippen molar-refractivity contribution in [2.75, 3.05) is 6.54 Å². The molecule has 114 valence electrons. The lowest BCUT2D eigenvalue weighted by atomic mass is 10.00. The molecule has 1 heterocycles. The summed E-state index contributed by atoms with van der Waals surface area (Å²) in [4.78, 5) is 1.42. The topological polar surface area (TPSA) is 12.0 Å². The third-order valence-electron chi connectivity index (χ3n) is 3.55. The first kappa shape index (κ1) is 16.5. The average molecular weight is 326 g/mol. The second-order valence-electron chi connectivity index (χ2n) is 5.14. The molecular weight excluding hydrogens is 305 g/mol. The zero-order chi connectivity index (χ0) is 15.1. The van der Waals surface area contributed by atoms with Crippen LogP contribution >= 0.6 is 22.9 Å². The van der Waals surface area contributed by atoms with E-state index in [-0.39, 0.29) is 10.8 Å². The molecule has 1 atom stereocenters. The van der Waals surface area contributed by atoms with E-state index < -0.39 is 0 Å². The molecule has 1 aromatic heterocycles. The minimum atomic E-state index is -0.277. The summed E-state index contributed by atoms with van der Waals surface area (Å²) < 4.78 is 14.0. The summed E-state index contributed by atoms with van der Waals surface area (Å²) in [7, 11) is 0. The summed E-state index contributed by atoms with van der Waals surface area (Å²) in [6.07, 6.45) is 3.93. The molecule has 1 aromatic carbocycles. The molecule has 0 saturated heterocycles. The highest BCUT2D eigenvalue weighted by Gasteiger charge is 2.13. The summed E-state index contributed by atoms with van der Waals surface area (Å²) in [6, 6.07) is 9.79. The molecule has 0 radical (unpaired) electrons. The SMILES string of the molecule is CCNC(CCCc1cccs1)Cc1cccc(Cl)c1F. The number of hydrogen-bond acceptors (Lipinski definition) is 2. The van der Waals surface area contributed by atoms with Crippen molar-refractivity contribution in [2.45, 2.75) is 38.6 Å². The van der Waals surface area contributed by atoms with Crippen LogP contribution in [0, 0.1) is 5.82 Å². The molecule has 0 aliphatic rings. The molecule has 0 aliphatic carbocycles. The summed E-state index contributed by atoms with van der Waals surface area (Å²) in [5, 5.41) is 5.77. The van der Waals surface area contributed by atoms with Gasteiger partial charge in [-0.2, -0.15) is 0 Å². The highest BCUT2D eigenvalue weighted by molar-refractivity contribution is 7.09. The number of thiophene rings is 1. The van der Waals surface area contributed by atoms with Crippen molar-refractivity contribution in [2.24, 2.45) is 0 Å². The Bertz CT molecular complexity index is 542. The molecule has 2 aromatic rings. The fourth-order valence-electron chi connectivity index (χ4n) is 2.51.